The zero-order chi connectivity index (χ0) is 13.5. The molecule has 0 aromatic heterocycles. The van der Waals surface area contributed by atoms with Gasteiger partial charge in [-0.1, -0.05) is 18.6 Å². The summed E-state index contributed by atoms with van der Waals surface area (Å²) in [7, 11) is 0. The van der Waals surface area contributed by atoms with Gasteiger partial charge in [0.25, 0.3) is 0 Å². The molecule has 4 aliphatic rings. The first-order valence-corrected chi connectivity index (χ1v) is 7.26. The van der Waals surface area contributed by atoms with Gasteiger partial charge in [0.1, 0.15) is 5.60 Å². The van der Waals surface area contributed by atoms with Crippen molar-refractivity contribution >= 4 is 0 Å². The molecular weight excluding hydrogens is 244 g/mol. The van der Waals surface area contributed by atoms with Crippen LogP contribution in [0.4, 0.5) is 0 Å². The molecule has 1 spiro atoms. The normalized spacial score (nSPS) is 58.9. The molecule has 2 heterocycles. The van der Waals surface area contributed by atoms with Crippen molar-refractivity contribution in [1.29, 1.82) is 0 Å². The summed E-state index contributed by atoms with van der Waals surface area (Å²) in [5, 5.41) is 20.8. The predicted octanol–water partition coefficient (Wildman–Crippen LogP) is 1.01. The fourth-order valence-corrected chi connectivity index (χ4v) is 5.03. The van der Waals surface area contributed by atoms with Crippen molar-refractivity contribution in [1.82, 2.24) is 0 Å². The molecule has 0 amide bonds. The third kappa shape index (κ3) is 1.13. The van der Waals surface area contributed by atoms with Gasteiger partial charge in [-0.05, 0) is 19.8 Å². The Hall–Kier alpha value is -0.420. The molecule has 0 aromatic carbocycles. The first-order chi connectivity index (χ1) is 9.00. The van der Waals surface area contributed by atoms with E-state index in [1.54, 1.807) is 0 Å². The number of aliphatic hydroxyl groups is 2. The standard InChI is InChI=1S/C15H22O4/c1-9-3-4-14(7-16)11(5-9)19-12-6-10(17)13(14,2)15(12)8-18-15/h5,10-12,16-17H,3-4,6-8H2,1-2H3/t10-,11-,12+,13-,14-,15-/m1/s1. The second-order valence-corrected chi connectivity index (χ2v) is 7.00. The molecule has 2 saturated heterocycles. The summed E-state index contributed by atoms with van der Waals surface area (Å²) < 4.78 is 12.0. The molecule has 0 unspecified atom stereocenters. The number of rotatable bonds is 1. The highest BCUT2D eigenvalue weighted by Crippen LogP contribution is 2.71. The second-order valence-electron chi connectivity index (χ2n) is 7.00. The Bertz CT molecular complexity index is 455. The van der Waals surface area contributed by atoms with Gasteiger partial charge < -0.3 is 19.7 Å². The summed E-state index contributed by atoms with van der Waals surface area (Å²) in [5.74, 6) is 0. The smallest absolute Gasteiger partial charge is 0.126 e. The molecule has 2 N–H and O–H groups in total. The molecule has 2 bridgehead atoms. The Morgan fingerprint density at radius 1 is 1.47 bits per heavy atom. The summed E-state index contributed by atoms with van der Waals surface area (Å²) in [6.07, 6.45) is 4.03. The Morgan fingerprint density at radius 2 is 2.21 bits per heavy atom. The molecule has 0 aromatic rings. The van der Waals surface area contributed by atoms with Crippen LogP contribution >= 0.6 is 0 Å². The van der Waals surface area contributed by atoms with Crippen LogP contribution in [0.2, 0.25) is 0 Å². The van der Waals surface area contributed by atoms with Crippen LogP contribution in [-0.2, 0) is 9.47 Å². The van der Waals surface area contributed by atoms with E-state index in [4.69, 9.17) is 9.47 Å². The number of ether oxygens (including phenoxy) is 2. The fraction of sp³-hybridized carbons (Fsp3) is 0.867. The topological polar surface area (TPSA) is 62.2 Å². The van der Waals surface area contributed by atoms with Gasteiger partial charge in [0, 0.05) is 17.3 Å². The van der Waals surface area contributed by atoms with Crippen molar-refractivity contribution in [2.45, 2.75) is 57.0 Å². The third-order valence-corrected chi connectivity index (χ3v) is 6.53. The highest BCUT2D eigenvalue weighted by molar-refractivity contribution is 5.32. The number of aliphatic hydroxyl groups excluding tert-OH is 2. The molecule has 2 aliphatic carbocycles. The summed E-state index contributed by atoms with van der Waals surface area (Å²) >= 11 is 0. The molecule has 4 nitrogen and oxygen atoms in total. The highest BCUT2D eigenvalue weighted by atomic mass is 16.6. The van der Waals surface area contributed by atoms with E-state index in [1.165, 1.54) is 5.57 Å². The van der Waals surface area contributed by atoms with Gasteiger partial charge in [0.2, 0.25) is 0 Å². The summed E-state index contributed by atoms with van der Waals surface area (Å²) in [6, 6.07) is 0. The number of hydrogen-bond donors (Lipinski definition) is 2. The van der Waals surface area contributed by atoms with Crippen LogP contribution < -0.4 is 0 Å². The van der Waals surface area contributed by atoms with E-state index >= 15 is 0 Å². The van der Waals surface area contributed by atoms with Gasteiger partial charge in [-0.2, -0.15) is 0 Å². The highest BCUT2D eigenvalue weighted by Gasteiger charge is 2.81. The van der Waals surface area contributed by atoms with E-state index in [0.717, 1.165) is 12.8 Å². The second kappa shape index (κ2) is 3.42. The van der Waals surface area contributed by atoms with Crippen molar-refractivity contribution in [3.8, 4) is 0 Å². The number of hydrogen-bond acceptors (Lipinski definition) is 4. The molecule has 3 fully saturated rings. The minimum absolute atomic E-state index is 0.0284. The van der Waals surface area contributed by atoms with Crippen molar-refractivity contribution in [2.75, 3.05) is 13.2 Å². The van der Waals surface area contributed by atoms with Gasteiger partial charge in [0.05, 0.1) is 31.5 Å². The number of fused-ring (bicyclic) bond motifs is 2. The zero-order valence-electron chi connectivity index (χ0n) is 11.6. The van der Waals surface area contributed by atoms with Crippen LogP contribution in [0.15, 0.2) is 11.6 Å². The lowest BCUT2D eigenvalue weighted by Crippen LogP contribution is -2.66. The maximum atomic E-state index is 10.6. The molecule has 4 rings (SSSR count). The van der Waals surface area contributed by atoms with Crippen LogP contribution in [0.3, 0.4) is 0 Å². The lowest BCUT2D eigenvalue weighted by atomic mass is 9.51. The van der Waals surface area contributed by atoms with Gasteiger partial charge in [-0.25, -0.2) is 0 Å². The van der Waals surface area contributed by atoms with Crippen molar-refractivity contribution in [3.05, 3.63) is 11.6 Å². The van der Waals surface area contributed by atoms with Crippen molar-refractivity contribution in [3.63, 3.8) is 0 Å². The molecule has 19 heavy (non-hydrogen) atoms. The molecule has 4 heteroatoms. The zero-order valence-corrected chi connectivity index (χ0v) is 11.6. The lowest BCUT2D eigenvalue weighted by molar-refractivity contribution is -0.225. The quantitative estimate of drug-likeness (QED) is 0.549. The number of epoxide rings is 1. The van der Waals surface area contributed by atoms with Crippen LogP contribution in [-0.4, -0.2) is 47.3 Å². The SMILES string of the molecule is CC1=C[C@H]2O[C@H]3C[C@@H](O)[C@](C)([C@@]2(CO)CC1)[C@@]31CO1. The van der Waals surface area contributed by atoms with Gasteiger partial charge >= 0.3 is 0 Å². The first kappa shape index (κ1) is 12.3. The predicted molar refractivity (Wildman–Crippen MR) is 68.6 cm³/mol. The maximum absolute atomic E-state index is 10.6. The van der Waals surface area contributed by atoms with E-state index in [0.29, 0.717) is 13.0 Å². The third-order valence-electron chi connectivity index (χ3n) is 6.53. The Balaban J connectivity index is 1.89. The minimum atomic E-state index is -0.455. The van der Waals surface area contributed by atoms with Crippen LogP contribution in [0, 0.1) is 10.8 Å². The van der Waals surface area contributed by atoms with E-state index in [-0.39, 0.29) is 24.4 Å². The maximum Gasteiger partial charge on any atom is 0.126 e. The van der Waals surface area contributed by atoms with E-state index in [1.807, 2.05) is 0 Å². The van der Waals surface area contributed by atoms with Crippen LogP contribution in [0.1, 0.15) is 33.1 Å². The van der Waals surface area contributed by atoms with Crippen LogP contribution in [0.5, 0.6) is 0 Å². The van der Waals surface area contributed by atoms with E-state index in [2.05, 4.69) is 19.9 Å². The summed E-state index contributed by atoms with van der Waals surface area (Å²) in [6.45, 7) is 4.92. The van der Waals surface area contributed by atoms with Gasteiger partial charge in [0.15, 0.2) is 0 Å². The minimum Gasteiger partial charge on any atom is -0.396 e. The molecule has 6 atom stereocenters. The largest absolute Gasteiger partial charge is 0.396 e. The average molecular weight is 266 g/mol. The van der Waals surface area contributed by atoms with E-state index in [9.17, 15) is 10.2 Å². The molecule has 1 saturated carbocycles. The molecular formula is C15H22O4. The van der Waals surface area contributed by atoms with Crippen LogP contribution in [0.25, 0.3) is 0 Å². The first-order valence-electron chi connectivity index (χ1n) is 7.26. The van der Waals surface area contributed by atoms with E-state index < -0.39 is 16.9 Å². The van der Waals surface area contributed by atoms with Crippen molar-refractivity contribution in [2.24, 2.45) is 10.8 Å². The molecule has 0 radical (unpaired) electrons. The lowest BCUT2D eigenvalue weighted by Gasteiger charge is -2.58. The monoisotopic (exact) mass is 266 g/mol. The summed E-state index contributed by atoms with van der Waals surface area (Å²) in [4.78, 5) is 0. The fourth-order valence-electron chi connectivity index (χ4n) is 5.03. The summed E-state index contributed by atoms with van der Waals surface area (Å²) in [5.41, 5.74) is 0.152. The number of allylic oxidation sites excluding steroid dienone is 1. The molecule has 2 aliphatic heterocycles. The van der Waals surface area contributed by atoms with Gasteiger partial charge in [-0.15, -0.1) is 0 Å². The van der Waals surface area contributed by atoms with Crippen molar-refractivity contribution < 1.29 is 19.7 Å². The molecule has 106 valence electrons. The Labute approximate surface area is 113 Å². The average Bonchev–Trinajstić information content (AvgIpc) is 3.15. The Morgan fingerprint density at radius 3 is 2.84 bits per heavy atom. The Kier molecular flexibility index (Phi) is 2.22. The van der Waals surface area contributed by atoms with Gasteiger partial charge in [-0.3, -0.25) is 0 Å².